The summed E-state index contributed by atoms with van der Waals surface area (Å²) in [6.07, 6.45) is 0. The van der Waals surface area contributed by atoms with Crippen molar-refractivity contribution in [2.45, 2.75) is 0 Å². The van der Waals surface area contributed by atoms with E-state index < -0.39 is 0 Å². The molecule has 0 aliphatic carbocycles. The molecule has 0 radical (unpaired) electrons. The van der Waals surface area contributed by atoms with E-state index in [1.54, 1.807) is 0 Å². The maximum atomic E-state index is 2.48. The molecule has 0 aliphatic heterocycles. The average molecular weight is 660 g/mol. The molecule has 0 amide bonds. The van der Waals surface area contributed by atoms with E-state index in [4.69, 9.17) is 0 Å². The molecule has 8 aromatic carbocycles. The molecule has 49 heavy (non-hydrogen) atoms. The third-order valence-electron chi connectivity index (χ3n) is 9.64. The van der Waals surface area contributed by atoms with Crippen LogP contribution in [-0.4, -0.2) is 0 Å². The quantitative estimate of drug-likeness (QED) is 0.178. The Morgan fingerprint density at radius 3 is 1.53 bits per heavy atom. The SMILES string of the molecule is c1ccc(-c2ccc(-c3ccc4ccccc4c3)cc2N(c2ccc3sc4ccccc4c3c2)c2ccc3sc4ccccc4c3c2)cc1. The molecule has 0 spiro atoms. The van der Waals surface area contributed by atoms with Gasteiger partial charge in [-0.1, -0.05) is 115 Å². The Morgan fingerprint density at radius 1 is 0.327 bits per heavy atom. The van der Waals surface area contributed by atoms with Crippen LogP contribution < -0.4 is 4.90 Å². The maximum absolute atomic E-state index is 2.48. The molecule has 0 saturated heterocycles. The highest BCUT2D eigenvalue weighted by Gasteiger charge is 2.21. The molecule has 0 N–H and O–H groups in total. The van der Waals surface area contributed by atoms with Gasteiger partial charge in [-0.15, -0.1) is 22.7 Å². The second kappa shape index (κ2) is 11.5. The Hall–Kier alpha value is -5.74. The summed E-state index contributed by atoms with van der Waals surface area (Å²) in [4.78, 5) is 2.48. The van der Waals surface area contributed by atoms with Gasteiger partial charge in [-0.05, 0) is 88.1 Å². The van der Waals surface area contributed by atoms with Crippen molar-refractivity contribution >= 4 is 90.9 Å². The fourth-order valence-electron chi connectivity index (χ4n) is 7.26. The van der Waals surface area contributed by atoms with Crippen LogP contribution in [0.3, 0.4) is 0 Å². The van der Waals surface area contributed by atoms with Crippen LogP contribution in [0.4, 0.5) is 17.1 Å². The van der Waals surface area contributed by atoms with Crippen LogP contribution >= 0.6 is 22.7 Å². The van der Waals surface area contributed by atoms with Crippen LogP contribution in [0.25, 0.3) is 73.4 Å². The van der Waals surface area contributed by atoms with Crippen molar-refractivity contribution in [2.24, 2.45) is 0 Å². The predicted molar refractivity (Wildman–Crippen MR) is 215 cm³/mol. The van der Waals surface area contributed by atoms with Crippen molar-refractivity contribution in [3.8, 4) is 22.3 Å². The van der Waals surface area contributed by atoms with Gasteiger partial charge in [0.1, 0.15) is 0 Å². The monoisotopic (exact) mass is 659 g/mol. The van der Waals surface area contributed by atoms with E-state index in [0.29, 0.717) is 0 Å². The molecule has 2 aromatic heterocycles. The topological polar surface area (TPSA) is 3.24 Å². The van der Waals surface area contributed by atoms with Crippen molar-refractivity contribution in [1.29, 1.82) is 0 Å². The van der Waals surface area contributed by atoms with Crippen LogP contribution in [-0.2, 0) is 0 Å². The van der Waals surface area contributed by atoms with E-state index >= 15 is 0 Å². The molecule has 0 atom stereocenters. The Morgan fingerprint density at radius 2 is 0.857 bits per heavy atom. The number of nitrogens with zero attached hydrogens (tertiary/aromatic N) is 1. The molecule has 2 heterocycles. The van der Waals surface area contributed by atoms with Crippen molar-refractivity contribution < 1.29 is 0 Å². The average Bonchev–Trinajstić information content (AvgIpc) is 3.73. The highest BCUT2D eigenvalue weighted by atomic mass is 32.1. The van der Waals surface area contributed by atoms with Gasteiger partial charge in [-0.25, -0.2) is 0 Å². The molecule has 230 valence electrons. The van der Waals surface area contributed by atoms with Gasteiger partial charge in [0, 0.05) is 57.3 Å². The highest BCUT2D eigenvalue weighted by molar-refractivity contribution is 7.26. The normalized spacial score (nSPS) is 11.7. The fraction of sp³-hybridized carbons (Fsp3) is 0. The van der Waals surface area contributed by atoms with E-state index in [1.807, 2.05) is 22.7 Å². The van der Waals surface area contributed by atoms with Gasteiger partial charge in [0.05, 0.1) is 5.69 Å². The second-order valence-corrected chi connectivity index (χ2v) is 14.7. The number of hydrogen-bond acceptors (Lipinski definition) is 3. The maximum Gasteiger partial charge on any atom is 0.0546 e. The van der Waals surface area contributed by atoms with Crippen molar-refractivity contribution in [3.63, 3.8) is 0 Å². The van der Waals surface area contributed by atoms with Crippen molar-refractivity contribution in [2.75, 3.05) is 4.90 Å². The standard InChI is InChI=1S/C46H29NS2/c1-2-11-31(12-3-1)37-23-20-34(33-19-18-30-10-4-5-13-32(30)26-33)27-42(37)47(35-21-24-45-40(28-35)38-14-6-8-16-43(38)48-45)36-22-25-46-41(29-36)39-15-7-9-17-44(39)49-46/h1-29H. The summed E-state index contributed by atoms with van der Waals surface area (Å²) >= 11 is 3.72. The number of fused-ring (bicyclic) bond motifs is 7. The van der Waals surface area contributed by atoms with Crippen LogP contribution in [0.1, 0.15) is 0 Å². The molecule has 1 nitrogen and oxygen atoms in total. The molecule has 10 rings (SSSR count). The van der Waals surface area contributed by atoms with Gasteiger partial charge < -0.3 is 4.90 Å². The van der Waals surface area contributed by atoms with Gasteiger partial charge in [0.25, 0.3) is 0 Å². The molecule has 0 saturated carbocycles. The van der Waals surface area contributed by atoms with E-state index in [2.05, 4.69) is 181 Å². The predicted octanol–water partition coefficient (Wildman–Crippen LogP) is 14.4. The first-order chi connectivity index (χ1) is 24.3. The lowest BCUT2D eigenvalue weighted by atomic mass is 9.95. The summed E-state index contributed by atoms with van der Waals surface area (Å²) in [5.74, 6) is 0. The minimum absolute atomic E-state index is 1.14. The minimum atomic E-state index is 1.14. The zero-order valence-corrected chi connectivity index (χ0v) is 28.1. The largest absolute Gasteiger partial charge is 0.310 e. The number of thiophene rings is 2. The lowest BCUT2D eigenvalue weighted by Crippen LogP contribution is -2.11. The highest BCUT2D eigenvalue weighted by Crippen LogP contribution is 2.47. The summed E-state index contributed by atoms with van der Waals surface area (Å²) in [6.45, 7) is 0. The summed E-state index contributed by atoms with van der Waals surface area (Å²) in [6, 6.07) is 64.7. The minimum Gasteiger partial charge on any atom is -0.310 e. The number of rotatable bonds is 5. The Bertz CT molecular complexity index is 2730. The molecule has 0 aliphatic rings. The molecular weight excluding hydrogens is 631 g/mol. The number of anilines is 3. The zero-order valence-electron chi connectivity index (χ0n) is 26.5. The van der Waals surface area contributed by atoms with Crippen LogP contribution in [0, 0.1) is 0 Å². The second-order valence-electron chi connectivity index (χ2n) is 12.6. The molecular formula is C46H29NS2. The number of benzene rings is 8. The van der Waals surface area contributed by atoms with Gasteiger partial charge in [-0.3, -0.25) is 0 Å². The lowest BCUT2D eigenvalue weighted by molar-refractivity contribution is 1.30. The molecule has 3 heteroatoms. The van der Waals surface area contributed by atoms with Gasteiger partial charge in [0.2, 0.25) is 0 Å². The fourth-order valence-corrected chi connectivity index (χ4v) is 9.43. The first-order valence-corrected chi connectivity index (χ1v) is 18.2. The Balaban J connectivity index is 1.26. The number of hydrogen-bond donors (Lipinski definition) is 0. The summed E-state index contributed by atoms with van der Waals surface area (Å²) in [7, 11) is 0. The summed E-state index contributed by atoms with van der Waals surface area (Å²) in [5.41, 5.74) is 8.21. The van der Waals surface area contributed by atoms with E-state index in [1.165, 1.54) is 73.4 Å². The molecule has 0 bridgehead atoms. The zero-order chi connectivity index (χ0) is 32.3. The Kier molecular flexibility index (Phi) is 6.61. The van der Waals surface area contributed by atoms with Crippen molar-refractivity contribution in [3.05, 3.63) is 176 Å². The van der Waals surface area contributed by atoms with Crippen LogP contribution in [0.2, 0.25) is 0 Å². The van der Waals surface area contributed by atoms with Gasteiger partial charge >= 0.3 is 0 Å². The molecule has 10 aromatic rings. The molecule has 0 unspecified atom stereocenters. The van der Waals surface area contributed by atoms with Crippen LogP contribution in [0.15, 0.2) is 176 Å². The third kappa shape index (κ3) is 4.82. The third-order valence-corrected chi connectivity index (χ3v) is 11.9. The molecule has 0 fully saturated rings. The van der Waals surface area contributed by atoms with E-state index in [9.17, 15) is 0 Å². The Labute approximate surface area is 292 Å². The summed E-state index contributed by atoms with van der Waals surface area (Å²) in [5, 5.41) is 7.68. The van der Waals surface area contributed by atoms with E-state index in [-0.39, 0.29) is 0 Å². The van der Waals surface area contributed by atoms with E-state index in [0.717, 1.165) is 17.1 Å². The van der Waals surface area contributed by atoms with Crippen LogP contribution in [0.5, 0.6) is 0 Å². The van der Waals surface area contributed by atoms with Gasteiger partial charge in [0.15, 0.2) is 0 Å². The first kappa shape index (κ1) is 28.3. The smallest absolute Gasteiger partial charge is 0.0546 e. The first-order valence-electron chi connectivity index (χ1n) is 16.6. The van der Waals surface area contributed by atoms with Gasteiger partial charge in [-0.2, -0.15) is 0 Å². The summed E-state index contributed by atoms with van der Waals surface area (Å²) < 4.78 is 5.24. The van der Waals surface area contributed by atoms with Crippen molar-refractivity contribution in [1.82, 2.24) is 0 Å². The lowest BCUT2D eigenvalue weighted by Gasteiger charge is -2.29.